The molecule has 5 nitrogen and oxygen atoms in total. The zero-order chi connectivity index (χ0) is 13.3. The van der Waals surface area contributed by atoms with Gasteiger partial charge in [0, 0.05) is 24.7 Å². The van der Waals surface area contributed by atoms with Crippen molar-refractivity contribution in [3.63, 3.8) is 0 Å². The van der Waals surface area contributed by atoms with Crippen LogP contribution in [0.1, 0.15) is 51.9 Å². The molecule has 0 aromatic carbocycles. The lowest BCUT2D eigenvalue weighted by Crippen LogP contribution is -2.06. The molecule has 0 aromatic rings. The van der Waals surface area contributed by atoms with Crippen LogP contribution in [0.4, 0.5) is 0 Å². The van der Waals surface area contributed by atoms with Crippen molar-refractivity contribution in [3.05, 3.63) is 10.4 Å². The van der Waals surface area contributed by atoms with Gasteiger partial charge in [-0.3, -0.25) is 0 Å². The van der Waals surface area contributed by atoms with Crippen molar-refractivity contribution < 1.29 is 9.47 Å². The van der Waals surface area contributed by atoms with Crippen LogP contribution in [0, 0.1) is 0 Å². The van der Waals surface area contributed by atoms with E-state index in [0.717, 1.165) is 38.9 Å². The number of nitrogens with zero attached hydrogens (tertiary/aromatic N) is 3. The van der Waals surface area contributed by atoms with Crippen LogP contribution in [0.2, 0.25) is 0 Å². The largest absolute Gasteiger partial charge is 0.379 e. The van der Waals surface area contributed by atoms with Crippen molar-refractivity contribution in [2.24, 2.45) is 5.11 Å². The number of azide groups is 1. The van der Waals surface area contributed by atoms with E-state index in [1.54, 1.807) is 0 Å². The molecule has 0 aliphatic heterocycles. The Labute approximate surface area is 110 Å². The van der Waals surface area contributed by atoms with E-state index in [2.05, 4.69) is 16.9 Å². The maximum atomic E-state index is 8.08. The zero-order valence-corrected chi connectivity index (χ0v) is 11.6. The number of ether oxygens (including phenoxy) is 2. The first-order chi connectivity index (χ1) is 8.91. The first-order valence-corrected chi connectivity index (χ1v) is 7.08. The molecule has 0 bridgehead atoms. The lowest BCUT2D eigenvalue weighted by Gasteiger charge is -2.05. The highest BCUT2D eigenvalue weighted by atomic mass is 16.5. The topological polar surface area (TPSA) is 67.2 Å². The number of hydrogen-bond acceptors (Lipinski definition) is 3. The highest BCUT2D eigenvalue weighted by Crippen LogP contribution is 1.99. The molecule has 0 heterocycles. The van der Waals surface area contributed by atoms with Gasteiger partial charge in [0.15, 0.2) is 0 Å². The molecule has 0 N–H and O–H groups in total. The second-order valence-corrected chi connectivity index (χ2v) is 4.30. The molecule has 0 atom stereocenters. The maximum absolute atomic E-state index is 8.08. The average Bonchev–Trinajstić information content (AvgIpc) is 2.39. The lowest BCUT2D eigenvalue weighted by molar-refractivity contribution is 0.0449. The van der Waals surface area contributed by atoms with Gasteiger partial charge >= 0.3 is 0 Å². The molecule has 0 aromatic heterocycles. The van der Waals surface area contributed by atoms with Crippen molar-refractivity contribution in [2.45, 2.75) is 51.9 Å². The van der Waals surface area contributed by atoms with Gasteiger partial charge in [0.25, 0.3) is 0 Å². The molecule has 0 aliphatic rings. The Morgan fingerprint density at radius 3 is 2.00 bits per heavy atom. The van der Waals surface area contributed by atoms with Crippen LogP contribution in [0.5, 0.6) is 0 Å². The summed E-state index contributed by atoms with van der Waals surface area (Å²) in [6.07, 6.45) is 8.02. The van der Waals surface area contributed by atoms with Crippen LogP contribution in [-0.2, 0) is 9.47 Å². The molecule has 0 amide bonds. The number of rotatable bonds is 14. The molecule has 0 saturated heterocycles. The summed E-state index contributed by atoms with van der Waals surface area (Å²) in [5.41, 5.74) is 8.08. The Morgan fingerprint density at radius 2 is 1.44 bits per heavy atom. The fourth-order valence-electron chi connectivity index (χ4n) is 1.56. The second kappa shape index (κ2) is 16.2. The van der Waals surface area contributed by atoms with Gasteiger partial charge in [-0.05, 0) is 24.8 Å². The van der Waals surface area contributed by atoms with E-state index < -0.39 is 0 Å². The van der Waals surface area contributed by atoms with Crippen molar-refractivity contribution in [3.8, 4) is 0 Å². The standard InChI is InChI=1S/C13H27N3O2/c1-2-3-4-7-10-17-12-13-18-11-8-5-6-9-15-16-14/h2-13H2,1H3. The monoisotopic (exact) mass is 257 g/mol. The Hall–Kier alpha value is -0.770. The molecular weight excluding hydrogens is 230 g/mol. The third-order valence-corrected chi connectivity index (χ3v) is 2.62. The Bertz CT molecular complexity index is 206. The first kappa shape index (κ1) is 17.2. The summed E-state index contributed by atoms with van der Waals surface area (Å²) >= 11 is 0. The smallest absolute Gasteiger partial charge is 0.0700 e. The molecule has 18 heavy (non-hydrogen) atoms. The van der Waals surface area contributed by atoms with Crippen LogP contribution in [-0.4, -0.2) is 33.0 Å². The van der Waals surface area contributed by atoms with Gasteiger partial charge in [-0.15, -0.1) is 0 Å². The van der Waals surface area contributed by atoms with Gasteiger partial charge in [-0.1, -0.05) is 37.7 Å². The van der Waals surface area contributed by atoms with Crippen molar-refractivity contribution >= 4 is 0 Å². The van der Waals surface area contributed by atoms with E-state index in [1.807, 2.05) is 0 Å². The molecule has 0 rings (SSSR count). The molecule has 0 radical (unpaired) electrons. The van der Waals surface area contributed by atoms with Crippen LogP contribution in [0.25, 0.3) is 10.4 Å². The van der Waals surface area contributed by atoms with E-state index in [-0.39, 0.29) is 0 Å². The minimum absolute atomic E-state index is 0.595. The van der Waals surface area contributed by atoms with Crippen LogP contribution < -0.4 is 0 Å². The summed E-state index contributed by atoms with van der Waals surface area (Å²) in [6, 6.07) is 0. The van der Waals surface area contributed by atoms with E-state index >= 15 is 0 Å². The fraction of sp³-hybridized carbons (Fsp3) is 1.00. The van der Waals surface area contributed by atoms with Crippen molar-refractivity contribution in [1.82, 2.24) is 0 Å². The van der Waals surface area contributed by atoms with Crippen LogP contribution in [0.15, 0.2) is 5.11 Å². The minimum atomic E-state index is 0.595. The molecule has 0 aliphatic carbocycles. The van der Waals surface area contributed by atoms with E-state index in [4.69, 9.17) is 15.0 Å². The fourth-order valence-corrected chi connectivity index (χ4v) is 1.56. The zero-order valence-electron chi connectivity index (χ0n) is 11.6. The van der Waals surface area contributed by atoms with Gasteiger partial charge in [-0.2, -0.15) is 0 Å². The lowest BCUT2D eigenvalue weighted by atomic mass is 10.2. The highest BCUT2D eigenvalue weighted by Gasteiger charge is 1.92. The Balaban J connectivity index is 2.92. The van der Waals surface area contributed by atoms with Gasteiger partial charge in [0.2, 0.25) is 0 Å². The number of unbranched alkanes of at least 4 members (excludes halogenated alkanes) is 5. The third kappa shape index (κ3) is 15.2. The van der Waals surface area contributed by atoms with E-state index in [0.29, 0.717) is 19.8 Å². The van der Waals surface area contributed by atoms with E-state index in [1.165, 1.54) is 19.3 Å². The summed E-state index contributed by atoms with van der Waals surface area (Å²) in [4.78, 5) is 2.71. The van der Waals surface area contributed by atoms with Gasteiger partial charge in [0.05, 0.1) is 13.2 Å². The molecule has 0 spiro atoms. The van der Waals surface area contributed by atoms with Crippen molar-refractivity contribution in [2.75, 3.05) is 33.0 Å². The summed E-state index contributed by atoms with van der Waals surface area (Å²) < 4.78 is 10.9. The summed E-state index contributed by atoms with van der Waals surface area (Å²) in [6.45, 7) is 5.82. The first-order valence-electron chi connectivity index (χ1n) is 7.08. The van der Waals surface area contributed by atoms with Gasteiger partial charge in [0.1, 0.15) is 0 Å². The predicted octanol–water partition coefficient (Wildman–Crippen LogP) is 4.08. The SMILES string of the molecule is CCCCCCOCCOCCCCCN=[N+]=[N-]. The van der Waals surface area contributed by atoms with Gasteiger partial charge in [-0.25, -0.2) is 0 Å². The summed E-state index contributed by atoms with van der Waals surface area (Å²) in [7, 11) is 0. The minimum Gasteiger partial charge on any atom is -0.379 e. The van der Waals surface area contributed by atoms with Gasteiger partial charge < -0.3 is 9.47 Å². The molecule has 0 saturated carbocycles. The predicted molar refractivity (Wildman–Crippen MR) is 73.6 cm³/mol. The molecular formula is C13H27N3O2. The maximum Gasteiger partial charge on any atom is 0.0700 e. The molecule has 0 unspecified atom stereocenters. The Morgan fingerprint density at radius 1 is 0.833 bits per heavy atom. The normalized spacial score (nSPS) is 10.3. The van der Waals surface area contributed by atoms with Crippen LogP contribution in [0.3, 0.4) is 0 Å². The quantitative estimate of drug-likeness (QED) is 0.204. The van der Waals surface area contributed by atoms with Crippen molar-refractivity contribution in [1.29, 1.82) is 0 Å². The van der Waals surface area contributed by atoms with E-state index in [9.17, 15) is 0 Å². The number of hydrogen-bond donors (Lipinski definition) is 0. The third-order valence-electron chi connectivity index (χ3n) is 2.62. The Kier molecular flexibility index (Phi) is 15.5. The highest BCUT2D eigenvalue weighted by molar-refractivity contribution is 4.48. The second-order valence-electron chi connectivity index (χ2n) is 4.30. The van der Waals surface area contributed by atoms with Crippen LogP contribution >= 0.6 is 0 Å². The molecule has 0 fully saturated rings. The molecule has 106 valence electrons. The summed E-state index contributed by atoms with van der Waals surface area (Å²) in [5.74, 6) is 0. The average molecular weight is 257 g/mol. The summed E-state index contributed by atoms with van der Waals surface area (Å²) in [5, 5.41) is 3.48. The molecule has 5 heteroatoms.